The topological polar surface area (TPSA) is 95.1 Å². The maximum Gasteiger partial charge on any atom is 0.261 e. The summed E-state index contributed by atoms with van der Waals surface area (Å²) in [7, 11) is 2.50. The molecule has 0 saturated heterocycles. The summed E-state index contributed by atoms with van der Waals surface area (Å²) in [6.07, 6.45) is 5.19. The quantitative estimate of drug-likeness (QED) is 0.385. The monoisotopic (exact) mass is 522 g/mol. The molecule has 0 fully saturated rings. The summed E-state index contributed by atoms with van der Waals surface area (Å²) in [6, 6.07) is 15.9. The van der Waals surface area contributed by atoms with Gasteiger partial charge < -0.3 is 24.3 Å². The minimum Gasteiger partial charge on any atom is -0.497 e. The maximum atomic E-state index is 13.3. The van der Waals surface area contributed by atoms with E-state index in [1.54, 1.807) is 44.6 Å². The van der Waals surface area contributed by atoms with Crippen molar-refractivity contribution >= 4 is 21.4 Å². The fraction of sp³-hybridized carbons (Fsp3) is 0.286. The van der Waals surface area contributed by atoms with Crippen LogP contribution < -0.4 is 29.0 Å². The molecule has 1 heterocycles. The van der Waals surface area contributed by atoms with Gasteiger partial charge in [0.2, 0.25) is 0 Å². The van der Waals surface area contributed by atoms with Gasteiger partial charge in [0, 0.05) is 23.2 Å². The van der Waals surface area contributed by atoms with Crippen molar-refractivity contribution < 1.29 is 27.4 Å². The lowest BCUT2D eigenvalue weighted by Gasteiger charge is -2.38. The van der Waals surface area contributed by atoms with E-state index in [2.05, 4.69) is 22.2 Å². The first-order valence-electron chi connectivity index (χ1n) is 11.9. The van der Waals surface area contributed by atoms with Crippen LogP contribution in [0.1, 0.15) is 29.5 Å². The first-order valence-corrected chi connectivity index (χ1v) is 13.4. The Kier molecular flexibility index (Phi) is 6.64. The highest BCUT2D eigenvalue weighted by molar-refractivity contribution is 7.92. The van der Waals surface area contributed by atoms with Gasteiger partial charge in [0.1, 0.15) is 11.5 Å². The second-order valence-electron chi connectivity index (χ2n) is 9.01. The molecule has 2 N–H and O–H groups in total. The first kappa shape index (κ1) is 24.8. The fourth-order valence-corrected chi connectivity index (χ4v) is 6.33. The lowest BCUT2D eigenvalue weighted by molar-refractivity contribution is 0.355. The SMILES string of the molecule is COc1ccc(OC)c([C@H]2Nc3ccc(S(=O)(=O)Nc4ccc(OC)c(OC)c4)cc3[C@H]3C=CC[C@H]32)c1. The van der Waals surface area contributed by atoms with Gasteiger partial charge in [-0.25, -0.2) is 8.42 Å². The lowest BCUT2D eigenvalue weighted by Crippen LogP contribution is -2.29. The number of hydrogen-bond donors (Lipinski definition) is 2. The Hall–Kier alpha value is -3.85. The minimum absolute atomic E-state index is 0.0232. The molecule has 0 saturated carbocycles. The van der Waals surface area contributed by atoms with E-state index in [-0.39, 0.29) is 22.8 Å². The molecule has 0 amide bonds. The van der Waals surface area contributed by atoms with Crippen molar-refractivity contribution in [2.45, 2.75) is 23.3 Å². The van der Waals surface area contributed by atoms with E-state index in [1.807, 2.05) is 24.3 Å². The molecule has 1 aliphatic carbocycles. The van der Waals surface area contributed by atoms with Crippen LogP contribution in [0, 0.1) is 5.92 Å². The molecule has 5 rings (SSSR count). The van der Waals surface area contributed by atoms with Gasteiger partial charge >= 0.3 is 0 Å². The molecule has 0 aromatic heterocycles. The van der Waals surface area contributed by atoms with Gasteiger partial charge in [-0.3, -0.25) is 4.72 Å². The fourth-order valence-electron chi connectivity index (χ4n) is 5.24. The highest BCUT2D eigenvalue weighted by Crippen LogP contribution is 2.52. The van der Waals surface area contributed by atoms with Crippen LogP contribution in [-0.4, -0.2) is 36.9 Å². The van der Waals surface area contributed by atoms with E-state index >= 15 is 0 Å². The zero-order valence-corrected chi connectivity index (χ0v) is 22.0. The predicted molar refractivity (Wildman–Crippen MR) is 143 cm³/mol. The highest BCUT2D eigenvalue weighted by Gasteiger charge is 2.39. The first-order chi connectivity index (χ1) is 17.9. The second kappa shape index (κ2) is 9.89. The number of nitrogens with one attached hydrogen (secondary N) is 2. The van der Waals surface area contributed by atoms with Crippen molar-refractivity contribution in [3.8, 4) is 23.0 Å². The second-order valence-corrected chi connectivity index (χ2v) is 10.7. The Balaban J connectivity index is 1.48. The van der Waals surface area contributed by atoms with Gasteiger partial charge in [-0.15, -0.1) is 0 Å². The average molecular weight is 523 g/mol. The van der Waals surface area contributed by atoms with Crippen molar-refractivity contribution in [3.63, 3.8) is 0 Å². The van der Waals surface area contributed by atoms with Crippen LogP contribution in [0.5, 0.6) is 23.0 Å². The molecule has 194 valence electrons. The van der Waals surface area contributed by atoms with Crippen LogP contribution in [-0.2, 0) is 10.0 Å². The summed E-state index contributed by atoms with van der Waals surface area (Å²) < 4.78 is 51.0. The number of allylic oxidation sites excluding steroid dienone is 2. The number of rotatable bonds is 8. The summed E-state index contributed by atoms with van der Waals surface area (Å²) in [4.78, 5) is 0.194. The summed E-state index contributed by atoms with van der Waals surface area (Å²) >= 11 is 0. The minimum atomic E-state index is -3.84. The number of benzene rings is 3. The Labute approximate surface area is 217 Å². The molecule has 3 aromatic rings. The van der Waals surface area contributed by atoms with Crippen molar-refractivity contribution in [1.29, 1.82) is 0 Å². The van der Waals surface area contributed by atoms with Crippen LogP contribution in [0.15, 0.2) is 71.6 Å². The third kappa shape index (κ3) is 4.55. The van der Waals surface area contributed by atoms with Crippen LogP contribution in [0.25, 0.3) is 0 Å². The molecule has 1 aliphatic heterocycles. The molecule has 37 heavy (non-hydrogen) atoms. The normalized spacial score (nSPS) is 19.8. The van der Waals surface area contributed by atoms with Crippen molar-refractivity contribution in [3.05, 3.63) is 77.9 Å². The maximum absolute atomic E-state index is 13.3. The van der Waals surface area contributed by atoms with Gasteiger partial charge in [0.25, 0.3) is 10.0 Å². The lowest BCUT2D eigenvalue weighted by atomic mass is 9.77. The van der Waals surface area contributed by atoms with Crippen molar-refractivity contribution in [2.24, 2.45) is 5.92 Å². The average Bonchev–Trinajstić information content (AvgIpc) is 3.42. The molecule has 0 unspecified atom stereocenters. The van der Waals surface area contributed by atoms with Crippen LogP contribution in [0.4, 0.5) is 11.4 Å². The smallest absolute Gasteiger partial charge is 0.261 e. The Morgan fingerprint density at radius 3 is 2.30 bits per heavy atom. The van der Waals surface area contributed by atoms with Crippen molar-refractivity contribution in [1.82, 2.24) is 0 Å². The molecular formula is C28H30N2O6S. The molecule has 8 nitrogen and oxygen atoms in total. The number of hydrogen-bond acceptors (Lipinski definition) is 7. The van der Waals surface area contributed by atoms with Gasteiger partial charge in [-0.1, -0.05) is 12.2 Å². The third-order valence-corrected chi connectivity index (χ3v) is 8.43. The van der Waals surface area contributed by atoms with Crippen LogP contribution in [0.2, 0.25) is 0 Å². The molecule has 0 radical (unpaired) electrons. The van der Waals surface area contributed by atoms with E-state index in [0.717, 1.165) is 34.7 Å². The van der Waals surface area contributed by atoms with Gasteiger partial charge in [-0.2, -0.15) is 0 Å². The number of anilines is 2. The Morgan fingerprint density at radius 1 is 0.811 bits per heavy atom. The molecule has 2 aliphatic rings. The summed E-state index contributed by atoms with van der Waals surface area (Å²) in [6.45, 7) is 0. The molecule has 0 spiro atoms. The van der Waals surface area contributed by atoms with E-state index in [1.165, 1.54) is 14.2 Å². The highest BCUT2D eigenvalue weighted by atomic mass is 32.2. The predicted octanol–water partition coefficient (Wildman–Crippen LogP) is 5.35. The van der Waals surface area contributed by atoms with Gasteiger partial charge in [-0.05, 0) is 66.4 Å². The standard InChI is InChI=1S/C28H30N2O6S/c1-33-18-9-13-25(34-2)23(15-18)28-21-7-5-6-20(21)22-16-19(10-11-24(22)29-28)37(31,32)30-17-8-12-26(35-3)27(14-17)36-4/h5-6,8-16,20-21,28-30H,7H2,1-4H3/t20-,21+,28-/m0/s1. The van der Waals surface area contributed by atoms with Crippen molar-refractivity contribution in [2.75, 3.05) is 38.5 Å². The van der Waals surface area contributed by atoms with Gasteiger partial charge in [0.15, 0.2) is 11.5 Å². The summed E-state index contributed by atoms with van der Waals surface area (Å²) in [5.74, 6) is 2.76. The zero-order valence-electron chi connectivity index (χ0n) is 21.1. The molecular weight excluding hydrogens is 492 g/mol. The molecule has 3 aromatic carbocycles. The van der Waals surface area contributed by atoms with Crippen LogP contribution >= 0.6 is 0 Å². The Bertz CT molecular complexity index is 1450. The number of ether oxygens (including phenoxy) is 4. The Morgan fingerprint density at radius 2 is 1.57 bits per heavy atom. The van der Waals surface area contributed by atoms with E-state index in [9.17, 15) is 8.42 Å². The summed E-state index contributed by atoms with van der Waals surface area (Å²) in [5.41, 5.74) is 3.25. The molecule has 9 heteroatoms. The van der Waals surface area contributed by atoms with Crippen LogP contribution in [0.3, 0.4) is 0 Å². The largest absolute Gasteiger partial charge is 0.497 e. The number of fused-ring (bicyclic) bond motifs is 3. The van der Waals surface area contributed by atoms with Gasteiger partial charge in [0.05, 0.1) is 45.1 Å². The van der Waals surface area contributed by atoms with E-state index in [0.29, 0.717) is 17.2 Å². The third-order valence-electron chi connectivity index (χ3n) is 7.05. The summed E-state index contributed by atoms with van der Waals surface area (Å²) in [5, 5.41) is 3.65. The number of sulfonamides is 1. The van der Waals surface area contributed by atoms with E-state index < -0.39 is 10.0 Å². The number of methoxy groups -OCH3 is 4. The van der Waals surface area contributed by atoms with E-state index in [4.69, 9.17) is 18.9 Å². The molecule has 3 atom stereocenters. The molecule has 0 bridgehead atoms. The zero-order chi connectivity index (χ0) is 26.2.